The maximum absolute atomic E-state index is 11.2. The van der Waals surface area contributed by atoms with Crippen molar-refractivity contribution in [1.82, 2.24) is 14.9 Å². The van der Waals surface area contributed by atoms with Gasteiger partial charge >= 0.3 is 0 Å². The van der Waals surface area contributed by atoms with Crippen LogP contribution < -0.4 is 5.32 Å². The highest BCUT2D eigenvalue weighted by atomic mass is 16.1. The van der Waals surface area contributed by atoms with E-state index in [0.29, 0.717) is 12.5 Å². The minimum absolute atomic E-state index is 0.102. The van der Waals surface area contributed by atoms with Gasteiger partial charge in [-0.1, -0.05) is 63.2 Å². The Labute approximate surface area is 173 Å². The maximum atomic E-state index is 11.2. The van der Waals surface area contributed by atoms with E-state index >= 15 is 0 Å². The lowest BCUT2D eigenvalue weighted by atomic mass is 10.0. The molecule has 0 saturated carbocycles. The Bertz CT molecular complexity index is 954. The summed E-state index contributed by atoms with van der Waals surface area (Å²) in [6, 6.07) is 17.3. The Kier molecular flexibility index (Phi) is 7.23. The van der Waals surface area contributed by atoms with Gasteiger partial charge in [0.1, 0.15) is 5.82 Å². The number of nitrogens with one attached hydrogen (secondary N) is 1. The van der Waals surface area contributed by atoms with Crippen LogP contribution in [0, 0.1) is 0 Å². The van der Waals surface area contributed by atoms with Crippen LogP contribution >= 0.6 is 0 Å². The zero-order chi connectivity index (χ0) is 20.6. The number of hydrogen-bond donors (Lipinski definition) is 1. The van der Waals surface area contributed by atoms with Crippen LogP contribution in [0.5, 0.6) is 0 Å². The van der Waals surface area contributed by atoms with Gasteiger partial charge in [-0.3, -0.25) is 4.79 Å². The predicted molar refractivity (Wildman–Crippen MR) is 120 cm³/mol. The molecule has 0 unspecified atom stereocenters. The van der Waals surface area contributed by atoms with E-state index < -0.39 is 0 Å². The van der Waals surface area contributed by atoms with E-state index in [-0.39, 0.29) is 5.91 Å². The molecule has 1 amide bonds. The highest BCUT2D eigenvalue weighted by Gasteiger charge is 2.11. The van der Waals surface area contributed by atoms with Crippen molar-refractivity contribution in [2.75, 3.05) is 6.54 Å². The lowest BCUT2D eigenvalue weighted by Crippen LogP contribution is -2.21. The number of aryl methyl sites for hydroxylation is 1. The number of benzene rings is 2. The van der Waals surface area contributed by atoms with E-state index in [1.165, 1.54) is 22.7 Å². The number of amides is 1. The molecule has 1 aromatic heterocycles. The van der Waals surface area contributed by atoms with Crippen molar-refractivity contribution in [3.05, 3.63) is 78.1 Å². The Morgan fingerprint density at radius 3 is 2.59 bits per heavy atom. The van der Waals surface area contributed by atoms with Crippen LogP contribution in [0.15, 0.2) is 61.2 Å². The molecule has 29 heavy (non-hydrogen) atoms. The zero-order valence-corrected chi connectivity index (χ0v) is 17.5. The smallest absolute Gasteiger partial charge is 0.243 e. The van der Waals surface area contributed by atoms with Crippen molar-refractivity contribution in [2.45, 2.75) is 52.0 Å². The normalized spacial score (nSPS) is 11.1. The summed E-state index contributed by atoms with van der Waals surface area (Å²) < 4.78 is 2.35. The molecule has 0 bridgehead atoms. The molecule has 3 aromatic rings. The molecular weight excluding hydrogens is 358 g/mol. The Hall–Kier alpha value is -2.88. The van der Waals surface area contributed by atoms with E-state index in [4.69, 9.17) is 4.98 Å². The second-order valence-corrected chi connectivity index (χ2v) is 7.80. The van der Waals surface area contributed by atoms with Crippen molar-refractivity contribution in [3.8, 4) is 0 Å². The molecule has 0 aliphatic heterocycles. The van der Waals surface area contributed by atoms with Crippen molar-refractivity contribution < 1.29 is 4.79 Å². The summed E-state index contributed by atoms with van der Waals surface area (Å²) in [5.41, 5.74) is 4.91. The lowest BCUT2D eigenvalue weighted by molar-refractivity contribution is -0.116. The molecule has 0 saturated heterocycles. The fraction of sp³-hybridized carbons (Fsp3) is 0.360. The molecule has 3 rings (SSSR count). The first-order chi connectivity index (χ1) is 14.1. The molecule has 4 nitrogen and oxygen atoms in total. The average molecular weight is 390 g/mol. The van der Waals surface area contributed by atoms with Gasteiger partial charge in [0.15, 0.2) is 0 Å². The summed E-state index contributed by atoms with van der Waals surface area (Å²) in [5.74, 6) is 1.58. The van der Waals surface area contributed by atoms with Gasteiger partial charge in [0.25, 0.3) is 0 Å². The first kappa shape index (κ1) is 20.8. The van der Waals surface area contributed by atoms with Crippen molar-refractivity contribution >= 4 is 16.9 Å². The monoisotopic (exact) mass is 389 g/mol. The highest BCUT2D eigenvalue weighted by molar-refractivity contribution is 5.86. The SMILES string of the molecule is C=CC(=O)NCCCCCc1nc2ccccc2n1Cc1ccc(C(C)C)cc1. The van der Waals surface area contributed by atoms with E-state index in [1.54, 1.807) is 0 Å². The van der Waals surface area contributed by atoms with E-state index in [1.807, 2.05) is 6.07 Å². The first-order valence-corrected chi connectivity index (χ1v) is 10.5. The zero-order valence-electron chi connectivity index (χ0n) is 17.5. The summed E-state index contributed by atoms with van der Waals surface area (Å²) in [4.78, 5) is 16.1. The molecular formula is C25H31N3O. The van der Waals surface area contributed by atoms with Gasteiger partial charge in [-0.25, -0.2) is 4.98 Å². The predicted octanol–water partition coefficient (Wildman–Crippen LogP) is 5.22. The number of hydrogen-bond acceptors (Lipinski definition) is 2. The number of nitrogens with zero attached hydrogens (tertiary/aromatic N) is 2. The first-order valence-electron chi connectivity index (χ1n) is 10.5. The largest absolute Gasteiger partial charge is 0.353 e. The third-order valence-electron chi connectivity index (χ3n) is 5.28. The molecule has 2 aromatic carbocycles. The average Bonchev–Trinajstić information content (AvgIpc) is 3.08. The van der Waals surface area contributed by atoms with Crippen LogP contribution in [-0.4, -0.2) is 22.0 Å². The van der Waals surface area contributed by atoms with Crippen LogP contribution in [0.2, 0.25) is 0 Å². The number of rotatable bonds is 10. The lowest BCUT2D eigenvalue weighted by Gasteiger charge is -2.11. The fourth-order valence-corrected chi connectivity index (χ4v) is 3.55. The fourth-order valence-electron chi connectivity index (χ4n) is 3.55. The Morgan fingerprint density at radius 2 is 1.86 bits per heavy atom. The van der Waals surface area contributed by atoms with Gasteiger partial charge in [-0.05, 0) is 48.1 Å². The number of carbonyl (C=O) groups excluding carboxylic acids is 1. The molecule has 0 fully saturated rings. The number of carbonyl (C=O) groups is 1. The summed E-state index contributed by atoms with van der Waals surface area (Å²) >= 11 is 0. The molecule has 0 radical (unpaired) electrons. The quantitative estimate of drug-likeness (QED) is 0.381. The van der Waals surface area contributed by atoms with Crippen LogP contribution in [0.4, 0.5) is 0 Å². The third kappa shape index (κ3) is 5.57. The van der Waals surface area contributed by atoms with Crippen LogP contribution in [-0.2, 0) is 17.8 Å². The van der Waals surface area contributed by atoms with Crippen molar-refractivity contribution in [1.29, 1.82) is 0 Å². The summed E-state index contributed by atoms with van der Waals surface area (Å²) in [5, 5.41) is 2.83. The highest BCUT2D eigenvalue weighted by Crippen LogP contribution is 2.21. The maximum Gasteiger partial charge on any atom is 0.243 e. The van der Waals surface area contributed by atoms with Crippen LogP contribution in [0.3, 0.4) is 0 Å². The Balaban J connectivity index is 1.67. The van der Waals surface area contributed by atoms with Crippen LogP contribution in [0.1, 0.15) is 56.0 Å². The number of aromatic nitrogens is 2. The summed E-state index contributed by atoms with van der Waals surface area (Å²) in [6.45, 7) is 9.45. The number of unbranched alkanes of at least 4 members (excludes halogenated alkanes) is 2. The minimum Gasteiger partial charge on any atom is -0.353 e. The van der Waals surface area contributed by atoms with Gasteiger partial charge in [-0.15, -0.1) is 0 Å². The molecule has 0 aliphatic rings. The molecule has 1 heterocycles. The third-order valence-corrected chi connectivity index (χ3v) is 5.28. The van der Waals surface area contributed by atoms with Gasteiger partial charge < -0.3 is 9.88 Å². The molecule has 0 atom stereocenters. The topological polar surface area (TPSA) is 46.9 Å². The molecule has 4 heteroatoms. The van der Waals surface area contributed by atoms with Gasteiger partial charge in [0, 0.05) is 19.5 Å². The van der Waals surface area contributed by atoms with E-state index in [9.17, 15) is 4.79 Å². The number of para-hydroxylation sites is 2. The van der Waals surface area contributed by atoms with Crippen molar-refractivity contribution in [3.63, 3.8) is 0 Å². The second kappa shape index (κ2) is 10.1. The molecule has 152 valence electrons. The molecule has 0 aliphatic carbocycles. The van der Waals surface area contributed by atoms with E-state index in [0.717, 1.165) is 43.6 Å². The Morgan fingerprint density at radius 1 is 1.10 bits per heavy atom. The van der Waals surface area contributed by atoms with Gasteiger partial charge in [0.05, 0.1) is 11.0 Å². The summed E-state index contributed by atoms with van der Waals surface area (Å²) in [6.07, 6.45) is 5.34. The van der Waals surface area contributed by atoms with Gasteiger partial charge in [-0.2, -0.15) is 0 Å². The van der Waals surface area contributed by atoms with Crippen LogP contribution in [0.25, 0.3) is 11.0 Å². The van der Waals surface area contributed by atoms with Gasteiger partial charge in [0.2, 0.25) is 5.91 Å². The number of imidazole rings is 1. The number of fused-ring (bicyclic) bond motifs is 1. The second-order valence-electron chi connectivity index (χ2n) is 7.80. The minimum atomic E-state index is -0.102. The summed E-state index contributed by atoms with van der Waals surface area (Å²) in [7, 11) is 0. The van der Waals surface area contributed by atoms with Crippen molar-refractivity contribution in [2.24, 2.45) is 0 Å². The molecule has 0 spiro atoms. The molecule has 1 N–H and O–H groups in total. The van der Waals surface area contributed by atoms with E-state index in [2.05, 4.69) is 72.8 Å². The standard InChI is InChI=1S/C25H31N3O/c1-4-25(29)26-17-9-5-6-12-24-27-22-10-7-8-11-23(22)28(24)18-20-13-15-21(16-14-20)19(2)3/h4,7-8,10-11,13-16,19H,1,5-6,9,12,17-18H2,2-3H3,(H,26,29).